The van der Waals surface area contributed by atoms with Gasteiger partial charge in [-0.3, -0.25) is 9.78 Å². The summed E-state index contributed by atoms with van der Waals surface area (Å²) in [5.41, 5.74) is 2.73. The van der Waals surface area contributed by atoms with Crippen molar-refractivity contribution >= 4 is 28.5 Å². The molecule has 3 aromatic rings. The fourth-order valence-corrected chi connectivity index (χ4v) is 4.81. The number of carboxylic acid groups (broad SMARTS) is 1. The lowest BCUT2D eigenvalue weighted by atomic mass is 9.85. The van der Waals surface area contributed by atoms with Gasteiger partial charge in [-0.05, 0) is 35.9 Å². The van der Waals surface area contributed by atoms with Gasteiger partial charge in [-0.25, -0.2) is 0 Å². The highest BCUT2D eigenvalue weighted by Gasteiger charge is 2.35. The zero-order valence-corrected chi connectivity index (χ0v) is 14.7. The van der Waals surface area contributed by atoms with Gasteiger partial charge in [0, 0.05) is 33.5 Å². The van der Waals surface area contributed by atoms with Crippen LogP contribution in [0.3, 0.4) is 0 Å². The normalized spacial score (nSPS) is 18.9. The molecule has 1 saturated carbocycles. The molecule has 2 aromatic carbocycles. The number of fused-ring (bicyclic) bond motifs is 1. The Hall–Kier alpha value is -2.84. The van der Waals surface area contributed by atoms with Gasteiger partial charge in [0.05, 0.1) is 17.6 Å². The summed E-state index contributed by atoms with van der Waals surface area (Å²) in [6.07, 6.45) is 5.03. The van der Waals surface area contributed by atoms with Crippen LogP contribution in [0.1, 0.15) is 18.4 Å². The molecule has 5 heteroatoms. The molecule has 0 amide bonds. The van der Waals surface area contributed by atoms with Crippen LogP contribution < -0.4 is 0 Å². The summed E-state index contributed by atoms with van der Waals surface area (Å²) < 4.78 is 0. The molecule has 4 nitrogen and oxygen atoms in total. The second-order valence-electron chi connectivity index (χ2n) is 6.44. The third-order valence-corrected chi connectivity index (χ3v) is 6.18. The highest BCUT2D eigenvalue weighted by Crippen LogP contribution is 2.44. The van der Waals surface area contributed by atoms with Crippen LogP contribution in [0, 0.1) is 17.2 Å². The standard InChI is InChI=1S/C21H16N2O2S/c22-11-13-5-6-18(17-4-2-1-3-16(13)17)19-12-23-8-7-20(19)26-15-9-14(10-15)21(24)25/h1-8,12,14-15H,9-10H2,(H,24,25)/t14-,15-. The smallest absolute Gasteiger partial charge is 0.306 e. The van der Waals surface area contributed by atoms with E-state index < -0.39 is 5.97 Å². The largest absolute Gasteiger partial charge is 0.481 e. The predicted molar refractivity (Wildman–Crippen MR) is 102 cm³/mol. The quantitative estimate of drug-likeness (QED) is 0.728. The summed E-state index contributed by atoms with van der Waals surface area (Å²) in [5, 5.41) is 20.7. The van der Waals surface area contributed by atoms with Crippen LogP contribution in [-0.2, 0) is 4.79 Å². The van der Waals surface area contributed by atoms with Gasteiger partial charge in [0.15, 0.2) is 0 Å². The van der Waals surface area contributed by atoms with E-state index in [0.717, 1.165) is 26.8 Å². The van der Waals surface area contributed by atoms with Crippen molar-refractivity contribution in [3.05, 3.63) is 60.4 Å². The summed E-state index contributed by atoms with van der Waals surface area (Å²) in [6.45, 7) is 0. The van der Waals surface area contributed by atoms with Crippen molar-refractivity contribution in [2.75, 3.05) is 0 Å². The molecule has 0 radical (unpaired) electrons. The number of benzene rings is 2. The molecule has 1 aliphatic rings. The van der Waals surface area contributed by atoms with Crippen molar-refractivity contribution in [2.24, 2.45) is 5.92 Å². The Labute approximate surface area is 155 Å². The van der Waals surface area contributed by atoms with Gasteiger partial charge in [-0.1, -0.05) is 30.3 Å². The third kappa shape index (κ3) is 2.93. The first-order valence-electron chi connectivity index (χ1n) is 8.43. The van der Waals surface area contributed by atoms with E-state index in [9.17, 15) is 10.1 Å². The van der Waals surface area contributed by atoms with Gasteiger partial charge >= 0.3 is 5.97 Å². The molecule has 0 spiro atoms. The molecule has 0 bridgehead atoms. The van der Waals surface area contributed by atoms with E-state index in [-0.39, 0.29) is 5.92 Å². The minimum absolute atomic E-state index is 0.214. The number of nitriles is 1. The summed E-state index contributed by atoms with van der Waals surface area (Å²) in [4.78, 5) is 16.4. The molecule has 1 aromatic heterocycles. The van der Waals surface area contributed by atoms with Gasteiger partial charge in [-0.15, -0.1) is 11.8 Å². The number of aromatic nitrogens is 1. The number of nitrogens with zero attached hydrogens (tertiary/aromatic N) is 2. The molecular formula is C21H16N2O2S. The Morgan fingerprint density at radius 2 is 1.88 bits per heavy atom. The Kier molecular flexibility index (Phi) is 4.36. The van der Waals surface area contributed by atoms with Crippen LogP contribution in [0.4, 0.5) is 0 Å². The van der Waals surface area contributed by atoms with Gasteiger partial charge < -0.3 is 5.11 Å². The number of hydrogen-bond acceptors (Lipinski definition) is 4. The van der Waals surface area contributed by atoms with Crippen molar-refractivity contribution in [1.82, 2.24) is 4.98 Å². The van der Waals surface area contributed by atoms with Crippen molar-refractivity contribution in [3.8, 4) is 17.2 Å². The van der Waals surface area contributed by atoms with Crippen LogP contribution in [0.2, 0.25) is 0 Å². The molecule has 0 atom stereocenters. The Bertz CT molecular complexity index is 1040. The molecular weight excluding hydrogens is 344 g/mol. The fraction of sp³-hybridized carbons (Fsp3) is 0.190. The summed E-state index contributed by atoms with van der Waals surface area (Å²) in [6, 6.07) is 16.0. The number of rotatable bonds is 4. The summed E-state index contributed by atoms with van der Waals surface area (Å²) in [7, 11) is 0. The molecule has 128 valence electrons. The van der Waals surface area contributed by atoms with E-state index in [0.29, 0.717) is 23.7 Å². The second-order valence-corrected chi connectivity index (χ2v) is 7.78. The van der Waals surface area contributed by atoms with Crippen LogP contribution in [0.25, 0.3) is 21.9 Å². The minimum atomic E-state index is -0.699. The summed E-state index contributed by atoms with van der Waals surface area (Å²) >= 11 is 1.72. The second kappa shape index (κ2) is 6.81. The number of aliphatic carboxylic acids is 1. The molecule has 0 unspecified atom stereocenters. The summed E-state index contributed by atoms with van der Waals surface area (Å²) in [5.74, 6) is -0.914. The maximum absolute atomic E-state index is 11.0. The van der Waals surface area contributed by atoms with Gasteiger partial charge in [0.1, 0.15) is 0 Å². The Morgan fingerprint density at radius 3 is 2.62 bits per heavy atom. The van der Waals surface area contributed by atoms with Crippen LogP contribution in [-0.4, -0.2) is 21.3 Å². The van der Waals surface area contributed by atoms with Crippen LogP contribution >= 0.6 is 11.8 Å². The Morgan fingerprint density at radius 1 is 1.12 bits per heavy atom. The highest BCUT2D eigenvalue weighted by atomic mass is 32.2. The van der Waals surface area contributed by atoms with Crippen LogP contribution in [0.15, 0.2) is 59.8 Å². The highest BCUT2D eigenvalue weighted by molar-refractivity contribution is 8.00. The van der Waals surface area contributed by atoms with Crippen molar-refractivity contribution in [3.63, 3.8) is 0 Å². The number of carbonyl (C=O) groups is 1. The number of thioether (sulfide) groups is 1. The molecule has 1 fully saturated rings. The topological polar surface area (TPSA) is 74.0 Å². The van der Waals surface area contributed by atoms with Crippen molar-refractivity contribution in [1.29, 1.82) is 5.26 Å². The lowest BCUT2D eigenvalue weighted by molar-refractivity contribution is -0.144. The lowest BCUT2D eigenvalue weighted by Crippen LogP contribution is -2.32. The molecule has 0 aliphatic heterocycles. The molecule has 0 saturated heterocycles. The van der Waals surface area contributed by atoms with E-state index >= 15 is 0 Å². The number of carboxylic acids is 1. The van der Waals surface area contributed by atoms with Crippen LogP contribution in [0.5, 0.6) is 0 Å². The third-order valence-electron chi connectivity index (χ3n) is 4.85. The molecule has 1 heterocycles. The number of hydrogen-bond donors (Lipinski definition) is 1. The predicted octanol–water partition coefficient (Wildman–Crippen LogP) is 4.73. The van der Waals surface area contributed by atoms with Crippen molar-refractivity contribution < 1.29 is 9.90 Å². The van der Waals surface area contributed by atoms with Gasteiger partial charge in [-0.2, -0.15) is 5.26 Å². The first kappa shape index (κ1) is 16.6. The van der Waals surface area contributed by atoms with Gasteiger partial charge in [0.25, 0.3) is 0 Å². The first-order valence-corrected chi connectivity index (χ1v) is 9.31. The molecule has 4 rings (SSSR count). The van der Waals surface area contributed by atoms with E-state index in [1.165, 1.54) is 0 Å². The average molecular weight is 360 g/mol. The minimum Gasteiger partial charge on any atom is -0.481 e. The Balaban J connectivity index is 1.73. The van der Waals surface area contributed by atoms with E-state index in [1.54, 1.807) is 18.0 Å². The zero-order chi connectivity index (χ0) is 18.1. The SMILES string of the molecule is N#Cc1ccc(-c2cnccc2S[C@H]2C[C@H](C(=O)O)C2)c2ccccc12. The lowest BCUT2D eigenvalue weighted by Gasteiger charge is -2.32. The zero-order valence-electron chi connectivity index (χ0n) is 13.9. The fourth-order valence-electron chi connectivity index (χ4n) is 3.36. The van der Waals surface area contributed by atoms with E-state index in [2.05, 4.69) is 11.1 Å². The van der Waals surface area contributed by atoms with E-state index in [1.807, 2.05) is 48.7 Å². The first-order chi connectivity index (χ1) is 12.7. The number of pyridine rings is 1. The molecule has 26 heavy (non-hydrogen) atoms. The van der Waals surface area contributed by atoms with E-state index in [4.69, 9.17) is 5.11 Å². The molecule has 1 N–H and O–H groups in total. The molecule has 1 aliphatic carbocycles. The van der Waals surface area contributed by atoms with Gasteiger partial charge in [0.2, 0.25) is 0 Å². The maximum atomic E-state index is 11.0. The average Bonchev–Trinajstić information content (AvgIpc) is 2.63. The van der Waals surface area contributed by atoms with Crippen molar-refractivity contribution in [2.45, 2.75) is 23.0 Å². The monoisotopic (exact) mass is 360 g/mol. The maximum Gasteiger partial charge on any atom is 0.306 e.